The smallest absolute Gasteiger partial charge is 0.389 e. The molecule has 1 unspecified atom stereocenters. The molecule has 116 valence electrons. The molecule has 7 heteroatoms. The summed E-state index contributed by atoms with van der Waals surface area (Å²) in [5.41, 5.74) is -0.819. The summed E-state index contributed by atoms with van der Waals surface area (Å²) < 4.78 is 14.7. The second kappa shape index (κ2) is 8.14. The Morgan fingerprint density at radius 3 is 2.00 bits per heavy atom. The number of ether oxygens (including phenoxy) is 3. The van der Waals surface area contributed by atoms with Crippen LogP contribution in [-0.2, 0) is 23.8 Å². The van der Waals surface area contributed by atoms with Crippen molar-refractivity contribution in [1.82, 2.24) is 0 Å². The molecule has 0 aromatic rings. The molecule has 0 amide bonds. The third-order valence-electron chi connectivity index (χ3n) is 1.84. The van der Waals surface area contributed by atoms with Crippen molar-refractivity contribution in [3.8, 4) is 0 Å². The number of carbonyl (C=O) groups excluding carboxylic acids is 3. The maximum atomic E-state index is 11.8. The molecule has 0 aliphatic carbocycles. The number of rotatable bonds is 5. The Morgan fingerprint density at radius 1 is 1.05 bits per heavy atom. The zero-order valence-corrected chi connectivity index (χ0v) is 13.5. The first-order valence-corrected chi connectivity index (χ1v) is 7.31. The summed E-state index contributed by atoms with van der Waals surface area (Å²) in [6.07, 6.45) is -2.08. The van der Waals surface area contributed by atoms with Crippen molar-refractivity contribution in [1.29, 1.82) is 0 Å². The van der Waals surface area contributed by atoms with Crippen LogP contribution in [0.3, 0.4) is 0 Å². The molecule has 0 spiro atoms. The lowest BCUT2D eigenvalue weighted by molar-refractivity contribution is -0.197. The topological polar surface area (TPSA) is 78.9 Å². The molecule has 20 heavy (non-hydrogen) atoms. The molecule has 0 aromatic heterocycles. The Labute approximate surface area is 123 Å². The fourth-order valence-corrected chi connectivity index (χ4v) is 1.31. The van der Waals surface area contributed by atoms with E-state index >= 15 is 0 Å². The first-order valence-electron chi connectivity index (χ1n) is 6.33. The molecule has 1 atom stereocenters. The molecule has 0 bridgehead atoms. The summed E-state index contributed by atoms with van der Waals surface area (Å²) in [7, 11) is 0. The van der Waals surface area contributed by atoms with Crippen molar-refractivity contribution in [2.45, 2.75) is 53.9 Å². The van der Waals surface area contributed by atoms with E-state index in [4.69, 9.17) is 14.2 Å². The molecular weight excluding hydrogens is 284 g/mol. The van der Waals surface area contributed by atoms with Gasteiger partial charge in [-0.05, 0) is 46.4 Å². The molecule has 0 rings (SSSR count). The van der Waals surface area contributed by atoms with E-state index in [-0.39, 0.29) is 0 Å². The zero-order chi connectivity index (χ0) is 15.9. The summed E-state index contributed by atoms with van der Waals surface area (Å²) in [6.45, 7) is 9.93. The summed E-state index contributed by atoms with van der Waals surface area (Å²) in [6, 6.07) is 0. The third kappa shape index (κ3) is 7.37. The SMILES string of the molecule is CCSC(=O)OC(OC(=O)C(C)(C)C)C(=O)OC(C)C. The van der Waals surface area contributed by atoms with E-state index < -0.39 is 35.0 Å². The van der Waals surface area contributed by atoms with Crippen LogP contribution in [0.25, 0.3) is 0 Å². The van der Waals surface area contributed by atoms with Gasteiger partial charge in [0.1, 0.15) is 0 Å². The quantitative estimate of drug-likeness (QED) is 0.570. The fourth-order valence-electron chi connectivity index (χ4n) is 0.921. The van der Waals surface area contributed by atoms with Crippen molar-refractivity contribution in [3.63, 3.8) is 0 Å². The maximum absolute atomic E-state index is 11.8. The highest BCUT2D eigenvalue weighted by Gasteiger charge is 2.34. The molecule has 0 aliphatic rings. The normalized spacial score (nSPS) is 12.8. The average molecular weight is 306 g/mol. The van der Waals surface area contributed by atoms with Gasteiger partial charge in [-0.1, -0.05) is 6.92 Å². The molecule has 0 N–H and O–H groups in total. The van der Waals surface area contributed by atoms with Gasteiger partial charge in [0.2, 0.25) is 0 Å². The van der Waals surface area contributed by atoms with Crippen LogP contribution in [0.2, 0.25) is 0 Å². The first kappa shape index (κ1) is 18.8. The standard InChI is InChI=1S/C13H22O6S/c1-7-20-12(16)19-10(9(14)17-8(2)3)18-11(15)13(4,5)6/h8,10H,7H2,1-6H3. The van der Waals surface area contributed by atoms with Gasteiger partial charge in [0, 0.05) is 5.75 Å². The van der Waals surface area contributed by atoms with Gasteiger partial charge in [-0.15, -0.1) is 0 Å². The molecule has 0 saturated carbocycles. The molecule has 6 nitrogen and oxygen atoms in total. The lowest BCUT2D eigenvalue weighted by Gasteiger charge is -2.22. The second-order valence-electron chi connectivity index (χ2n) is 5.27. The van der Waals surface area contributed by atoms with Crippen LogP contribution in [-0.4, -0.2) is 35.4 Å². The largest absolute Gasteiger partial charge is 0.457 e. The van der Waals surface area contributed by atoms with Crippen molar-refractivity contribution in [2.24, 2.45) is 5.41 Å². The van der Waals surface area contributed by atoms with Crippen molar-refractivity contribution in [3.05, 3.63) is 0 Å². The van der Waals surface area contributed by atoms with Gasteiger partial charge in [0.25, 0.3) is 0 Å². The molecule has 0 heterocycles. The minimum atomic E-state index is -1.67. The minimum Gasteiger partial charge on any atom is -0.457 e. The maximum Gasteiger partial charge on any atom is 0.389 e. The monoisotopic (exact) mass is 306 g/mol. The Morgan fingerprint density at radius 2 is 1.60 bits per heavy atom. The number of carbonyl (C=O) groups is 3. The predicted octanol–water partition coefficient (Wildman–Crippen LogP) is 2.74. The van der Waals surface area contributed by atoms with Crippen molar-refractivity contribution >= 4 is 29.0 Å². The number of hydrogen-bond acceptors (Lipinski definition) is 7. The third-order valence-corrected chi connectivity index (χ3v) is 2.46. The Balaban J connectivity index is 4.83. The van der Waals surface area contributed by atoms with Gasteiger partial charge in [-0.2, -0.15) is 0 Å². The highest BCUT2D eigenvalue weighted by Crippen LogP contribution is 2.18. The number of thioether (sulfide) groups is 1. The molecule has 0 aromatic carbocycles. The molecule has 0 fully saturated rings. The van der Waals surface area contributed by atoms with Crippen molar-refractivity contribution in [2.75, 3.05) is 5.75 Å². The molecular formula is C13H22O6S. The van der Waals surface area contributed by atoms with Gasteiger partial charge in [-0.3, -0.25) is 4.79 Å². The van der Waals surface area contributed by atoms with Crippen LogP contribution in [0.5, 0.6) is 0 Å². The van der Waals surface area contributed by atoms with Crippen LogP contribution >= 0.6 is 11.8 Å². The zero-order valence-electron chi connectivity index (χ0n) is 12.7. The molecule has 0 radical (unpaired) electrons. The molecule has 0 aliphatic heterocycles. The minimum absolute atomic E-state index is 0.407. The number of esters is 2. The summed E-state index contributed by atoms with van der Waals surface area (Å²) >= 11 is 0.870. The fraction of sp³-hybridized carbons (Fsp3) is 0.769. The van der Waals surface area contributed by atoms with Crippen LogP contribution < -0.4 is 0 Å². The highest BCUT2D eigenvalue weighted by molar-refractivity contribution is 8.13. The Kier molecular flexibility index (Phi) is 7.63. The van der Waals surface area contributed by atoms with Crippen LogP contribution in [0.15, 0.2) is 0 Å². The van der Waals surface area contributed by atoms with E-state index in [0.29, 0.717) is 5.75 Å². The van der Waals surface area contributed by atoms with E-state index in [1.54, 1.807) is 41.5 Å². The second-order valence-corrected chi connectivity index (χ2v) is 6.47. The van der Waals surface area contributed by atoms with Crippen LogP contribution in [0, 0.1) is 5.41 Å². The van der Waals surface area contributed by atoms with Gasteiger partial charge in [-0.25, -0.2) is 9.59 Å². The van der Waals surface area contributed by atoms with Gasteiger partial charge in [0.15, 0.2) is 0 Å². The molecule has 0 saturated heterocycles. The van der Waals surface area contributed by atoms with E-state index in [0.717, 1.165) is 11.8 Å². The number of hydrogen-bond donors (Lipinski definition) is 0. The van der Waals surface area contributed by atoms with E-state index in [1.807, 2.05) is 0 Å². The van der Waals surface area contributed by atoms with Gasteiger partial charge in [0.05, 0.1) is 11.5 Å². The summed E-state index contributed by atoms with van der Waals surface area (Å²) in [5.74, 6) is -1.07. The highest BCUT2D eigenvalue weighted by atomic mass is 32.2. The van der Waals surface area contributed by atoms with Crippen LogP contribution in [0.4, 0.5) is 4.79 Å². The Hall–Kier alpha value is -1.24. The predicted molar refractivity (Wildman–Crippen MR) is 75.2 cm³/mol. The summed E-state index contributed by atoms with van der Waals surface area (Å²) in [4.78, 5) is 35.0. The van der Waals surface area contributed by atoms with Crippen molar-refractivity contribution < 1.29 is 28.6 Å². The van der Waals surface area contributed by atoms with E-state index in [9.17, 15) is 14.4 Å². The first-order chi connectivity index (χ1) is 9.07. The van der Waals surface area contributed by atoms with Gasteiger partial charge >= 0.3 is 23.5 Å². The van der Waals surface area contributed by atoms with E-state index in [1.165, 1.54) is 0 Å². The van der Waals surface area contributed by atoms with E-state index in [2.05, 4.69) is 0 Å². The van der Waals surface area contributed by atoms with Gasteiger partial charge < -0.3 is 14.2 Å². The Bertz CT molecular complexity index is 358. The lowest BCUT2D eigenvalue weighted by atomic mass is 9.97. The average Bonchev–Trinajstić information content (AvgIpc) is 2.25. The van der Waals surface area contributed by atoms with Crippen LogP contribution in [0.1, 0.15) is 41.5 Å². The summed E-state index contributed by atoms with van der Waals surface area (Å²) in [5, 5.41) is -0.695. The lowest BCUT2D eigenvalue weighted by Crippen LogP contribution is -2.37.